The summed E-state index contributed by atoms with van der Waals surface area (Å²) in [5.41, 5.74) is -4.37. The minimum atomic E-state index is -5.78. The first-order valence-electron chi connectivity index (χ1n) is 9.72. The molecular weight excluding hydrogens is 506 g/mol. The Kier molecular flexibility index (Phi) is 9.01. The van der Waals surface area contributed by atoms with Gasteiger partial charge in [-0.2, -0.15) is 26.3 Å². The number of ether oxygens (including phenoxy) is 3. The first kappa shape index (κ1) is 26.5. The number of benzene rings is 2. The van der Waals surface area contributed by atoms with Gasteiger partial charge in [-0.1, -0.05) is 47.5 Å². The summed E-state index contributed by atoms with van der Waals surface area (Å²) >= 11 is 3.34. The van der Waals surface area contributed by atoms with Gasteiger partial charge < -0.3 is 14.2 Å². The average molecular weight is 529 g/mol. The van der Waals surface area contributed by atoms with Crippen molar-refractivity contribution >= 4 is 15.9 Å². The van der Waals surface area contributed by atoms with Crippen LogP contribution in [0.5, 0.6) is 11.5 Å². The van der Waals surface area contributed by atoms with Gasteiger partial charge in [0.15, 0.2) is 0 Å². The van der Waals surface area contributed by atoms with Crippen LogP contribution in [-0.2, 0) is 27.9 Å². The maximum Gasteiger partial charge on any atom is 0.430 e. The number of alkyl halides is 7. The lowest BCUT2D eigenvalue weighted by molar-refractivity contribution is -0.400. The van der Waals surface area contributed by atoms with Crippen LogP contribution >= 0.6 is 15.9 Å². The number of halogens is 7. The van der Waals surface area contributed by atoms with Gasteiger partial charge in [0.2, 0.25) is 0 Å². The molecule has 0 radical (unpaired) electrons. The highest BCUT2D eigenvalue weighted by Gasteiger charge is 2.73. The van der Waals surface area contributed by atoms with Crippen LogP contribution in [0.4, 0.5) is 26.3 Å². The van der Waals surface area contributed by atoms with Crippen molar-refractivity contribution in [2.45, 2.75) is 44.1 Å². The van der Waals surface area contributed by atoms with Crippen LogP contribution in [0.2, 0.25) is 0 Å². The van der Waals surface area contributed by atoms with Crippen LogP contribution in [0.15, 0.2) is 42.5 Å². The summed E-state index contributed by atoms with van der Waals surface area (Å²) in [6, 6.07) is 9.73. The summed E-state index contributed by atoms with van der Waals surface area (Å²) < 4.78 is 97.3. The molecule has 0 heterocycles. The molecule has 0 aliphatic rings. The number of hydrogen-bond acceptors (Lipinski definition) is 3. The molecule has 178 valence electrons. The van der Waals surface area contributed by atoms with Gasteiger partial charge >= 0.3 is 12.4 Å². The number of aryl methyl sites for hydroxylation is 2. The Bertz CT molecular complexity index is 851. The lowest BCUT2D eigenvalue weighted by Gasteiger charge is -2.37. The molecule has 0 atom stereocenters. The maximum atomic E-state index is 13.8. The van der Waals surface area contributed by atoms with Crippen molar-refractivity contribution in [2.24, 2.45) is 0 Å². The topological polar surface area (TPSA) is 27.7 Å². The van der Waals surface area contributed by atoms with Crippen molar-refractivity contribution in [1.29, 1.82) is 0 Å². The zero-order chi connectivity index (χ0) is 24.0. The SMILES string of the molecule is CCCc1cc(C(OCOC)(C(F)(F)F)C(F)(F)F)ccc1Oc1ccc(CCBr)cc1. The van der Waals surface area contributed by atoms with Gasteiger partial charge in [-0.25, -0.2) is 0 Å². The Morgan fingerprint density at radius 2 is 1.50 bits per heavy atom. The highest BCUT2D eigenvalue weighted by molar-refractivity contribution is 9.09. The van der Waals surface area contributed by atoms with Crippen LogP contribution in [-0.4, -0.2) is 31.6 Å². The Hall–Kier alpha value is -1.78. The number of methoxy groups -OCH3 is 1. The molecule has 0 N–H and O–H groups in total. The van der Waals surface area contributed by atoms with E-state index in [2.05, 4.69) is 25.4 Å². The van der Waals surface area contributed by atoms with Gasteiger partial charge in [0, 0.05) is 18.0 Å². The van der Waals surface area contributed by atoms with Gasteiger partial charge in [-0.05, 0) is 48.2 Å². The molecule has 0 aromatic heterocycles. The van der Waals surface area contributed by atoms with Crippen LogP contribution in [0.3, 0.4) is 0 Å². The fourth-order valence-electron chi connectivity index (χ4n) is 3.21. The van der Waals surface area contributed by atoms with E-state index in [1.807, 2.05) is 12.1 Å². The fraction of sp³-hybridized carbons (Fsp3) is 0.455. The summed E-state index contributed by atoms with van der Waals surface area (Å²) in [5, 5.41) is 0.778. The van der Waals surface area contributed by atoms with E-state index in [4.69, 9.17) is 4.74 Å². The Morgan fingerprint density at radius 3 is 2.00 bits per heavy atom. The van der Waals surface area contributed by atoms with E-state index < -0.39 is 30.3 Å². The van der Waals surface area contributed by atoms with Crippen LogP contribution < -0.4 is 4.74 Å². The largest absolute Gasteiger partial charge is 0.457 e. The lowest BCUT2D eigenvalue weighted by atomic mass is 9.89. The van der Waals surface area contributed by atoms with E-state index in [1.54, 1.807) is 19.1 Å². The van der Waals surface area contributed by atoms with E-state index >= 15 is 0 Å². The van der Waals surface area contributed by atoms with Gasteiger partial charge in [-0.3, -0.25) is 0 Å². The van der Waals surface area contributed by atoms with Crippen LogP contribution in [0.25, 0.3) is 0 Å². The number of hydrogen-bond donors (Lipinski definition) is 0. The van der Waals surface area contributed by atoms with Gasteiger partial charge in [0.1, 0.15) is 18.3 Å². The van der Waals surface area contributed by atoms with Gasteiger partial charge in [-0.15, -0.1) is 0 Å². The standard InChI is InChI=1S/C22H23BrF6O3/c1-3-4-16-13-17(20(21(24,25)26,22(27,28)29)31-14-30-2)7-10-19(16)32-18-8-5-15(6-9-18)11-12-23/h5-10,13H,3-4,11-12,14H2,1-2H3. The third-order valence-electron chi connectivity index (χ3n) is 4.71. The summed E-state index contributed by atoms with van der Waals surface area (Å²) in [4.78, 5) is 0. The van der Waals surface area contributed by atoms with Crippen molar-refractivity contribution in [3.63, 3.8) is 0 Å². The Labute approximate surface area is 190 Å². The Balaban J connectivity index is 2.53. The predicted octanol–water partition coefficient (Wildman–Crippen LogP) is 7.31. The van der Waals surface area contributed by atoms with E-state index in [1.165, 1.54) is 0 Å². The molecule has 0 saturated carbocycles. The zero-order valence-corrected chi connectivity index (χ0v) is 19.0. The second-order valence-electron chi connectivity index (χ2n) is 6.99. The molecular formula is C22H23BrF6O3. The maximum absolute atomic E-state index is 13.8. The molecule has 0 fully saturated rings. The molecule has 0 aliphatic carbocycles. The van der Waals surface area contributed by atoms with Crippen LogP contribution in [0, 0.1) is 0 Å². The van der Waals surface area contributed by atoms with Crippen LogP contribution in [0.1, 0.15) is 30.0 Å². The molecule has 10 heteroatoms. The number of rotatable bonds is 10. The summed E-state index contributed by atoms with van der Waals surface area (Å²) in [6.45, 7) is 0.564. The second-order valence-corrected chi connectivity index (χ2v) is 7.78. The van der Waals surface area contributed by atoms with Gasteiger partial charge in [0.05, 0.1) is 0 Å². The average Bonchev–Trinajstić information content (AvgIpc) is 2.70. The molecule has 3 nitrogen and oxygen atoms in total. The zero-order valence-electron chi connectivity index (χ0n) is 17.4. The fourth-order valence-corrected chi connectivity index (χ4v) is 3.66. The molecule has 0 saturated heterocycles. The van der Waals surface area contributed by atoms with Crippen molar-refractivity contribution in [3.8, 4) is 11.5 Å². The van der Waals surface area contributed by atoms with E-state index in [0.717, 1.165) is 42.6 Å². The quantitative estimate of drug-likeness (QED) is 0.184. The van der Waals surface area contributed by atoms with Crippen molar-refractivity contribution in [1.82, 2.24) is 0 Å². The van der Waals surface area contributed by atoms with E-state index in [-0.39, 0.29) is 17.7 Å². The van der Waals surface area contributed by atoms with Crippen molar-refractivity contribution < 1.29 is 40.6 Å². The first-order valence-corrected chi connectivity index (χ1v) is 10.8. The lowest BCUT2D eigenvalue weighted by Crippen LogP contribution is -2.56. The van der Waals surface area contributed by atoms with Crippen molar-refractivity contribution in [3.05, 3.63) is 59.2 Å². The summed E-state index contributed by atoms with van der Waals surface area (Å²) in [6.07, 6.45) is -10.1. The minimum Gasteiger partial charge on any atom is -0.457 e. The highest BCUT2D eigenvalue weighted by atomic mass is 79.9. The Morgan fingerprint density at radius 1 is 0.875 bits per heavy atom. The third kappa shape index (κ3) is 5.77. The van der Waals surface area contributed by atoms with Crippen molar-refractivity contribution in [2.75, 3.05) is 19.2 Å². The molecule has 0 bridgehead atoms. The normalized spacial score (nSPS) is 12.8. The van der Waals surface area contributed by atoms with E-state index in [9.17, 15) is 26.3 Å². The first-order chi connectivity index (χ1) is 15.0. The molecule has 0 aliphatic heterocycles. The molecule has 32 heavy (non-hydrogen) atoms. The molecule has 2 rings (SSSR count). The monoisotopic (exact) mass is 528 g/mol. The molecule has 0 unspecified atom stereocenters. The molecule has 0 amide bonds. The molecule has 2 aromatic rings. The smallest absolute Gasteiger partial charge is 0.430 e. The minimum absolute atomic E-state index is 0.175. The van der Waals surface area contributed by atoms with E-state index in [0.29, 0.717) is 12.2 Å². The van der Waals surface area contributed by atoms with Gasteiger partial charge in [0.25, 0.3) is 5.60 Å². The summed E-state index contributed by atoms with van der Waals surface area (Å²) in [5.74, 6) is 0.593. The predicted molar refractivity (Wildman–Crippen MR) is 111 cm³/mol. The summed E-state index contributed by atoms with van der Waals surface area (Å²) in [7, 11) is 0.945. The third-order valence-corrected chi connectivity index (χ3v) is 5.11. The molecule has 2 aromatic carbocycles. The highest BCUT2D eigenvalue weighted by Crippen LogP contribution is 2.53. The molecule has 0 spiro atoms. The second kappa shape index (κ2) is 10.9.